The minimum absolute atomic E-state index is 0.207. The molecule has 0 aromatic heterocycles. The van der Waals surface area contributed by atoms with Gasteiger partial charge in [-0.3, -0.25) is 9.59 Å². The molecule has 1 saturated heterocycles. The van der Waals surface area contributed by atoms with Crippen molar-refractivity contribution in [3.63, 3.8) is 0 Å². The summed E-state index contributed by atoms with van der Waals surface area (Å²) in [5.74, 6) is -1.89. The van der Waals surface area contributed by atoms with Crippen LogP contribution in [0.15, 0.2) is 15.7 Å². The Labute approximate surface area is 157 Å². The van der Waals surface area contributed by atoms with E-state index >= 15 is 0 Å². The summed E-state index contributed by atoms with van der Waals surface area (Å²) in [5.41, 5.74) is 1.33. The number of carbonyl (C=O) groups is 3. The number of halogens is 1. The lowest BCUT2D eigenvalue weighted by atomic mass is 10.0. The fraction of sp³-hybridized carbons (Fsp3) is 0.647. The third kappa shape index (κ3) is 4.62. The molecule has 1 fully saturated rings. The molecule has 9 heteroatoms. The fourth-order valence-electron chi connectivity index (χ4n) is 3.03. The summed E-state index contributed by atoms with van der Waals surface area (Å²) in [6, 6.07) is -0.281. The Morgan fingerprint density at radius 1 is 1.35 bits per heavy atom. The molecule has 2 aliphatic rings. The number of carbonyl (C=O) groups excluding carboxylic acids is 3. The van der Waals surface area contributed by atoms with E-state index in [1.54, 1.807) is 0 Å². The molecule has 0 aromatic rings. The van der Waals surface area contributed by atoms with Gasteiger partial charge in [-0.1, -0.05) is 18.5 Å². The van der Waals surface area contributed by atoms with Crippen molar-refractivity contribution in [2.24, 2.45) is 4.99 Å². The van der Waals surface area contributed by atoms with Crippen molar-refractivity contribution in [2.45, 2.75) is 45.3 Å². The van der Waals surface area contributed by atoms with Gasteiger partial charge in [-0.05, 0) is 25.3 Å². The molecule has 2 rings (SSSR count). The molecule has 0 aromatic carbocycles. The van der Waals surface area contributed by atoms with Crippen molar-refractivity contribution >= 4 is 35.1 Å². The molecule has 0 radical (unpaired) electrons. The van der Waals surface area contributed by atoms with E-state index < -0.39 is 18.0 Å². The molecule has 26 heavy (non-hydrogen) atoms. The Hall–Kier alpha value is -1.93. The van der Waals surface area contributed by atoms with Gasteiger partial charge in [-0.25, -0.2) is 9.79 Å². The van der Waals surface area contributed by atoms with E-state index in [2.05, 4.69) is 15.0 Å². The van der Waals surface area contributed by atoms with E-state index in [4.69, 9.17) is 16.3 Å². The van der Waals surface area contributed by atoms with E-state index in [1.165, 1.54) is 12.0 Å². The lowest BCUT2D eigenvalue weighted by Gasteiger charge is -2.38. The first-order valence-electron chi connectivity index (χ1n) is 8.65. The van der Waals surface area contributed by atoms with Crippen LogP contribution in [0.3, 0.4) is 0 Å². The molecule has 2 aliphatic heterocycles. The van der Waals surface area contributed by atoms with Crippen LogP contribution in [0.5, 0.6) is 0 Å². The highest BCUT2D eigenvalue weighted by atomic mass is 35.5. The zero-order chi connectivity index (χ0) is 19.3. The van der Waals surface area contributed by atoms with Crippen LogP contribution in [0.1, 0.15) is 33.1 Å². The second kappa shape index (κ2) is 9.14. The summed E-state index contributed by atoms with van der Waals surface area (Å²) in [5, 5.41) is 3.32. The highest BCUT2D eigenvalue weighted by Crippen LogP contribution is 2.25. The molecule has 2 atom stereocenters. The molecule has 1 N–H and O–H groups in total. The molecule has 0 aliphatic carbocycles. The van der Waals surface area contributed by atoms with E-state index in [1.807, 2.05) is 13.8 Å². The minimum Gasteiger partial charge on any atom is -0.462 e. The number of ether oxygens (including phenoxy) is 2. The molecular formula is C17H24ClN3O5. The number of piperidine rings is 1. The zero-order valence-corrected chi connectivity index (χ0v) is 16.0. The van der Waals surface area contributed by atoms with Crippen molar-refractivity contribution in [3.05, 3.63) is 10.7 Å². The smallest absolute Gasteiger partial charge is 0.396 e. The maximum Gasteiger partial charge on any atom is 0.396 e. The largest absolute Gasteiger partial charge is 0.462 e. The lowest BCUT2D eigenvalue weighted by Crippen LogP contribution is -2.58. The Morgan fingerprint density at radius 3 is 2.65 bits per heavy atom. The summed E-state index contributed by atoms with van der Waals surface area (Å²) < 4.78 is 10.2. The highest BCUT2D eigenvalue weighted by molar-refractivity contribution is 6.43. The standard InChI is InChI=1S/C17H24ClN3O5/c1-4-10-8-12(19-14(10)18)15(22)20-11-6-7-21(9-13(11)26-5-2)16(23)17(24)25-3/h11,13H,4-9H2,1-3H3,(H,20,22)/t11-,13+/m1/s1. The first-order chi connectivity index (χ1) is 12.4. The van der Waals surface area contributed by atoms with E-state index in [9.17, 15) is 14.4 Å². The summed E-state index contributed by atoms with van der Waals surface area (Å²) in [6.45, 7) is 4.75. The average Bonchev–Trinajstić information content (AvgIpc) is 3.03. The highest BCUT2D eigenvalue weighted by Gasteiger charge is 2.36. The topological polar surface area (TPSA) is 97.3 Å². The number of aliphatic imine (C=N–C) groups is 1. The third-order valence-corrected chi connectivity index (χ3v) is 4.85. The van der Waals surface area contributed by atoms with Gasteiger partial charge in [0.25, 0.3) is 5.91 Å². The molecular weight excluding hydrogens is 362 g/mol. The Morgan fingerprint density at radius 2 is 2.08 bits per heavy atom. The van der Waals surface area contributed by atoms with Crippen LogP contribution >= 0.6 is 11.6 Å². The van der Waals surface area contributed by atoms with E-state index in [0.717, 1.165) is 12.0 Å². The molecule has 2 amide bonds. The molecule has 0 unspecified atom stereocenters. The first-order valence-corrected chi connectivity index (χ1v) is 9.03. The average molecular weight is 386 g/mol. The lowest BCUT2D eigenvalue weighted by molar-refractivity contribution is -0.160. The van der Waals surface area contributed by atoms with Gasteiger partial charge in [0.1, 0.15) is 10.9 Å². The van der Waals surface area contributed by atoms with Crippen molar-refractivity contribution in [2.75, 3.05) is 26.8 Å². The number of esters is 1. The van der Waals surface area contributed by atoms with Gasteiger partial charge in [0.05, 0.1) is 19.3 Å². The second-order valence-electron chi connectivity index (χ2n) is 6.09. The quantitative estimate of drug-likeness (QED) is 0.432. The number of amides is 2. The van der Waals surface area contributed by atoms with Crippen LogP contribution in [0.2, 0.25) is 0 Å². The molecule has 8 nitrogen and oxygen atoms in total. The molecule has 0 bridgehead atoms. The number of allylic oxidation sites excluding steroid dienone is 1. The monoisotopic (exact) mass is 385 g/mol. The van der Waals surface area contributed by atoms with E-state index in [-0.39, 0.29) is 18.5 Å². The second-order valence-corrected chi connectivity index (χ2v) is 6.45. The summed E-state index contributed by atoms with van der Waals surface area (Å²) in [7, 11) is 1.17. The van der Waals surface area contributed by atoms with Gasteiger partial charge in [0.2, 0.25) is 0 Å². The van der Waals surface area contributed by atoms with Crippen molar-refractivity contribution in [3.8, 4) is 0 Å². The maximum absolute atomic E-state index is 12.5. The number of hydrogen-bond acceptors (Lipinski definition) is 6. The third-order valence-electron chi connectivity index (χ3n) is 4.50. The fourth-order valence-corrected chi connectivity index (χ4v) is 3.33. The Balaban J connectivity index is 1.99. The molecule has 2 heterocycles. The van der Waals surface area contributed by atoms with Gasteiger partial charge in [0, 0.05) is 26.1 Å². The number of methoxy groups -OCH3 is 1. The van der Waals surface area contributed by atoms with Crippen LogP contribution in [0.25, 0.3) is 0 Å². The number of hydrogen-bond donors (Lipinski definition) is 1. The van der Waals surface area contributed by atoms with Gasteiger partial charge in [-0.15, -0.1) is 0 Å². The predicted molar refractivity (Wildman–Crippen MR) is 95.8 cm³/mol. The minimum atomic E-state index is -0.907. The zero-order valence-electron chi connectivity index (χ0n) is 15.2. The summed E-state index contributed by atoms with van der Waals surface area (Å²) in [6.07, 6.45) is 1.24. The van der Waals surface area contributed by atoms with E-state index in [0.29, 0.717) is 36.9 Å². The number of nitrogens with zero attached hydrogens (tertiary/aromatic N) is 2. The van der Waals surface area contributed by atoms with Gasteiger partial charge >= 0.3 is 11.9 Å². The number of rotatable bonds is 5. The maximum atomic E-state index is 12.5. The molecule has 144 valence electrons. The van der Waals surface area contributed by atoms with Crippen LogP contribution in [0, 0.1) is 0 Å². The Bertz CT molecular complexity index is 646. The first kappa shape index (κ1) is 20.4. The number of likely N-dealkylation sites (tertiary alicyclic amines) is 1. The SMILES string of the molecule is CCO[C@H]1CN(C(=O)C(=O)OC)CC[C@H]1NC(=O)C1=NC(Cl)=C(CC)C1. The van der Waals surface area contributed by atoms with Gasteiger partial charge in [0.15, 0.2) is 0 Å². The van der Waals surface area contributed by atoms with Crippen molar-refractivity contribution in [1.82, 2.24) is 10.2 Å². The van der Waals surface area contributed by atoms with Gasteiger partial charge < -0.3 is 19.7 Å². The van der Waals surface area contributed by atoms with Gasteiger partial charge in [-0.2, -0.15) is 0 Å². The molecule has 0 spiro atoms. The summed E-state index contributed by atoms with van der Waals surface area (Å²) in [4.78, 5) is 41.5. The summed E-state index contributed by atoms with van der Waals surface area (Å²) >= 11 is 6.04. The Kier molecular flexibility index (Phi) is 7.16. The van der Waals surface area contributed by atoms with Crippen LogP contribution in [-0.2, 0) is 23.9 Å². The van der Waals surface area contributed by atoms with Crippen molar-refractivity contribution in [1.29, 1.82) is 0 Å². The molecule has 0 saturated carbocycles. The van der Waals surface area contributed by atoms with Crippen LogP contribution < -0.4 is 5.32 Å². The number of nitrogens with one attached hydrogen (secondary N) is 1. The normalized spacial score (nSPS) is 22.9. The van der Waals surface area contributed by atoms with Crippen LogP contribution in [0.4, 0.5) is 0 Å². The van der Waals surface area contributed by atoms with Crippen LogP contribution in [-0.4, -0.2) is 67.3 Å². The van der Waals surface area contributed by atoms with Crippen molar-refractivity contribution < 1.29 is 23.9 Å². The predicted octanol–water partition coefficient (Wildman–Crippen LogP) is 0.987.